The molecule has 0 aromatic carbocycles. The lowest BCUT2D eigenvalue weighted by atomic mass is 10.1. The molecule has 2 aromatic rings. The van der Waals surface area contributed by atoms with Gasteiger partial charge >= 0.3 is 0 Å². The van der Waals surface area contributed by atoms with E-state index in [9.17, 15) is 9.59 Å². The Labute approximate surface area is 141 Å². The molecule has 1 aliphatic carbocycles. The van der Waals surface area contributed by atoms with Gasteiger partial charge in [-0.15, -0.1) is 0 Å². The fourth-order valence-electron chi connectivity index (χ4n) is 3.60. The minimum atomic E-state index is 0.0754. The highest BCUT2D eigenvalue weighted by Gasteiger charge is 2.26. The Morgan fingerprint density at radius 1 is 1.17 bits per heavy atom. The number of pyridine rings is 1. The summed E-state index contributed by atoms with van der Waals surface area (Å²) in [5.74, 6) is 0.741. The van der Waals surface area contributed by atoms with Crippen molar-refractivity contribution in [3.63, 3.8) is 0 Å². The minimum absolute atomic E-state index is 0.0754. The zero-order chi connectivity index (χ0) is 16.7. The van der Waals surface area contributed by atoms with Crippen LogP contribution in [0.2, 0.25) is 0 Å². The third kappa shape index (κ3) is 2.79. The summed E-state index contributed by atoms with van der Waals surface area (Å²) in [5.41, 5.74) is 3.17. The molecule has 3 heterocycles. The highest BCUT2D eigenvalue weighted by atomic mass is 16.2. The van der Waals surface area contributed by atoms with Gasteiger partial charge in [0.05, 0.1) is 0 Å². The van der Waals surface area contributed by atoms with Crippen molar-refractivity contribution < 1.29 is 4.79 Å². The van der Waals surface area contributed by atoms with Crippen molar-refractivity contribution in [1.29, 1.82) is 0 Å². The van der Waals surface area contributed by atoms with E-state index in [1.54, 1.807) is 6.07 Å². The number of hydrogen-bond donors (Lipinski definition) is 0. The number of aryl methyl sites for hydroxylation is 1. The fourth-order valence-corrected chi connectivity index (χ4v) is 3.60. The Morgan fingerprint density at radius 3 is 2.67 bits per heavy atom. The van der Waals surface area contributed by atoms with Crippen molar-refractivity contribution in [2.75, 3.05) is 13.1 Å². The van der Waals surface area contributed by atoms with Gasteiger partial charge in [0.25, 0.3) is 11.5 Å². The van der Waals surface area contributed by atoms with E-state index in [2.05, 4.69) is 0 Å². The van der Waals surface area contributed by atoms with Gasteiger partial charge in [-0.05, 0) is 42.9 Å². The lowest BCUT2D eigenvalue weighted by Gasteiger charge is -2.20. The van der Waals surface area contributed by atoms with Crippen LogP contribution in [0, 0.1) is 5.92 Å². The second-order valence-electron chi connectivity index (χ2n) is 6.99. The van der Waals surface area contributed by atoms with Crippen LogP contribution >= 0.6 is 0 Å². The lowest BCUT2D eigenvalue weighted by Crippen LogP contribution is -2.34. The molecule has 2 aromatic heterocycles. The van der Waals surface area contributed by atoms with E-state index in [1.807, 2.05) is 45.5 Å². The molecule has 0 saturated heterocycles. The molecule has 0 radical (unpaired) electrons. The van der Waals surface area contributed by atoms with Gasteiger partial charge < -0.3 is 14.0 Å². The first-order valence-corrected chi connectivity index (χ1v) is 8.75. The molecule has 24 heavy (non-hydrogen) atoms. The third-order valence-electron chi connectivity index (χ3n) is 5.25. The van der Waals surface area contributed by atoms with E-state index in [0.717, 1.165) is 30.8 Å². The molecule has 0 N–H and O–H groups in total. The highest BCUT2D eigenvalue weighted by molar-refractivity contribution is 5.92. The summed E-state index contributed by atoms with van der Waals surface area (Å²) in [6, 6.07) is 7.41. The summed E-state index contributed by atoms with van der Waals surface area (Å²) < 4.78 is 3.83. The Kier molecular flexibility index (Phi) is 3.79. The van der Waals surface area contributed by atoms with E-state index in [0.29, 0.717) is 19.0 Å². The number of carbonyl (C=O) groups is 1. The summed E-state index contributed by atoms with van der Waals surface area (Å²) in [5, 5.41) is 0. The predicted molar refractivity (Wildman–Crippen MR) is 92.2 cm³/mol. The maximum Gasteiger partial charge on any atom is 0.270 e. The van der Waals surface area contributed by atoms with Gasteiger partial charge in [0, 0.05) is 51.1 Å². The Bertz CT molecular complexity index is 829. The summed E-state index contributed by atoms with van der Waals surface area (Å²) in [6.07, 6.45) is 5.93. The molecule has 1 aliphatic heterocycles. The van der Waals surface area contributed by atoms with Gasteiger partial charge in [-0.1, -0.05) is 6.07 Å². The largest absolute Gasteiger partial charge is 0.347 e. The quantitative estimate of drug-likeness (QED) is 0.864. The number of hydrogen-bond acceptors (Lipinski definition) is 2. The second-order valence-corrected chi connectivity index (χ2v) is 6.99. The van der Waals surface area contributed by atoms with Crippen molar-refractivity contribution >= 4 is 5.91 Å². The predicted octanol–water partition coefficient (Wildman–Crippen LogP) is 1.84. The monoisotopic (exact) mass is 325 g/mol. The zero-order valence-electron chi connectivity index (χ0n) is 14.1. The first-order valence-electron chi connectivity index (χ1n) is 8.75. The number of carbonyl (C=O) groups excluding carboxylic acids is 1. The molecule has 126 valence electrons. The van der Waals surface area contributed by atoms with Gasteiger partial charge in [-0.3, -0.25) is 9.59 Å². The maximum absolute atomic E-state index is 12.8. The van der Waals surface area contributed by atoms with Crippen LogP contribution in [0.25, 0.3) is 0 Å². The molecule has 0 bridgehead atoms. The van der Waals surface area contributed by atoms with E-state index < -0.39 is 0 Å². The van der Waals surface area contributed by atoms with Gasteiger partial charge in [0.2, 0.25) is 0 Å². The first kappa shape index (κ1) is 15.2. The topological polar surface area (TPSA) is 47.2 Å². The number of aromatic nitrogens is 2. The van der Waals surface area contributed by atoms with E-state index >= 15 is 0 Å². The third-order valence-corrected chi connectivity index (χ3v) is 5.25. The fraction of sp³-hybridized carbons (Fsp3) is 0.474. The van der Waals surface area contributed by atoms with Crippen LogP contribution < -0.4 is 5.56 Å². The average Bonchev–Trinajstić information content (AvgIpc) is 3.33. The summed E-state index contributed by atoms with van der Waals surface area (Å²) in [4.78, 5) is 27.0. The van der Waals surface area contributed by atoms with Crippen molar-refractivity contribution in [2.45, 2.75) is 32.2 Å². The van der Waals surface area contributed by atoms with E-state index in [4.69, 9.17) is 0 Å². The summed E-state index contributed by atoms with van der Waals surface area (Å²) >= 11 is 0. The Hall–Kier alpha value is -2.30. The SMILES string of the molecule is Cn1cccc1C(=O)N1CCc2ccc(=O)n(CC3CC3)c2CC1. The Morgan fingerprint density at radius 2 is 1.96 bits per heavy atom. The normalized spacial score (nSPS) is 17.5. The van der Waals surface area contributed by atoms with Gasteiger partial charge in [0.15, 0.2) is 0 Å². The van der Waals surface area contributed by atoms with Crippen molar-refractivity contribution in [1.82, 2.24) is 14.0 Å². The number of fused-ring (bicyclic) bond motifs is 1. The molecule has 2 aliphatic rings. The molecular formula is C19H23N3O2. The van der Waals surface area contributed by atoms with Crippen molar-refractivity contribution in [3.8, 4) is 0 Å². The molecule has 0 unspecified atom stereocenters. The molecule has 4 rings (SSSR count). The molecule has 1 fully saturated rings. The van der Waals surface area contributed by atoms with E-state index in [-0.39, 0.29) is 11.5 Å². The molecule has 5 nitrogen and oxygen atoms in total. The summed E-state index contributed by atoms with van der Waals surface area (Å²) in [7, 11) is 1.90. The van der Waals surface area contributed by atoms with Gasteiger partial charge in [-0.2, -0.15) is 0 Å². The molecule has 5 heteroatoms. The van der Waals surface area contributed by atoms with Gasteiger partial charge in [0.1, 0.15) is 5.69 Å². The highest BCUT2D eigenvalue weighted by Crippen LogP contribution is 2.31. The van der Waals surface area contributed by atoms with Crippen LogP contribution in [-0.2, 0) is 26.4 Å². The molecule has 0 spiro atoms. The molecule has 1 amide bonds. The lowest BCUT2D eigenvalue weighted by molar-refractivity contribution is 0.0753. The van der Waals surface area contributed by atoms with Crippen LogP contribution in [-0.4, -0.2) is 33.0 Å². The molecular weight excluding hydrogens is 302 g/mol. The average molecular weight is 325 g/mol. The van der Waals surface area contributed by atoms with Crippen LogP contribution in [0.1, 0.15) is 34.6 Å². The standard InChI is InChI=1S/C19H23N3O2/c1-20-10-2-3-17(20)19(24)21-11-8-15-6-7-18(23)22(13-14-4-5-14)16(15)9-12-21/h2-3,6-7,10,14H,4-5,8-9,11-13H2,1H3. The molecule has 1 saturated carbocycles. The minimum Gasteiger partial charge on any atom is -0.347 e. The van der Waals surface area contributed by atoms with Crippen LogP contribution in [0.4, 0.5) is 0 Å². The first-order chi connectivity index (χ1) is 11.6. The number of nitrogens with zero attached hydrogens (tertiary/aromatic N) is 3. The van der Waals surface area contributed by atoms with Crippen molar-refractivity contribution in [2.24, 2.45) is 13.0 Å². The van der Waals surface area contributed by atoms with Crippen molar-refractivity contribution in [3.05, 3.63) is 57.8 Å². The number of amides is 1. The summed E-state index contributed by atoms with van der Waals surface area (Å²) in [6.45, 7) is 2.22. The number of rotatable bonds is 3. The van der Waals surface area contributed by atoms with Crippen LogP contribution in [0.15, 0.2) is 35.3 Å². The Balaban J connectivity index is 1.58. The zero-order valence-corrected chi connectivity index (χ0v) is 14.1. The second kappa shape index (κ2) is 5.96. The maximum atomic E-state index is 12.8. The van der Waals surface area contributed by atoms with Crippen LogP contribution in [0.5, 0.6) is 0 Å². The smallest absolute Gasteiger partial charge is 0.270 e. The van der Waals surface area contributed by atoms with Crippen LogP contribution in [0.3, 0.4) is 0 Å². The van der Waals surface area contributed by atoms with E-state index in [1.165, 1.54) is 18.4 Å². The van der Waals surface area contributed by atoms with Gasteiger partial charge in [-0.25, -0.2) is 0 Å². The molecule has 0 atom stereocenters.